The van der Waals surface area contributed by atoms with Gasteiger partial charge in [0.05, 0.1) is 6.61 Å². The Morgan fingerprint density at radius 2 is 1.78 bits per heavy atom. The molecule has 0 aliphatic carbocycles. The van der Waals surface area contributed by atoms with E-state index in [0.717, 1.165) is 11.1 Å². The number of nitrogens with two attached hydrogens (primary N) is 1. The standard InChI is InChI=1S/C19H26FNOSi/c1-19(2,3)23(4,5)22-13-14-7-6-8-15(11-14)17-12-16(21)9-10-18(17)20/h6-12H,13,21H2,1-5H3. The third kappa shape index (κ3) is 4.21. The summed E-state index contributed by atoms with van der Waals surface area (Å²) < 4.78 is 20.3. The number of hydrogen-bond donors (Lipinski definition) is 1. The van der Waals surface area contributed by atoms with Gasteiger partial charge in [-0.3, -0.25) is 0 Å². The highest BCUT2D eigenvalue weighted by atomic mass is 28.4. The van der Waals surface area contributed by atoms with Crippen LogP contribution in [0.25, 0.3) is 11.1 Å². The number of benzene rings is 2. The molecule has 0 heterocycles. The molecule has 2 aromatic carbocycles. The molecule has 2 N–H and O–H groups in total. The first-order valence-electron chi connectivity index (χ1n) is 7.88. The molecule has 0 fully saturated rings. The Morgan fingerprint density at radius 3 is 2.43 bits per heavy atom. The minimum Gasteiger partial charge on any atom is -0.413 e. The lowest BCUT2D eigenvalue weighted by Crippen LogP contribution is -2.40. The first-order valence-corrected chi connectivity index (χ1v) is 10.8. The minimum atomic E-state index is -1.80. The molecule has 0 amide bonds. The van der Waals surface area contributed by atoms with Gasteiger partial charge in [0.25, 0.3) is 0 Å². The van der Waals surface area contributed by atoms with Gasteiger partial charge < -0.3 is 10.2 Å². The van der Waals surface area contributed by atoms with Crippen LogP contribution in [0.3, 0.4) is 0 Å². The highest BCUT2D eigenvalue weighted by Crippen LogP contribution is 2.37. The summed E-state index contributed by atoms with van der Waals surface area (Å²) in [6.45, 7) is 11.7. The molecule has 2 nitrogen and oxygen atoms in total. The van der Waals surface area contributed by atoms with Crippen molar-refractivity contribution >= 4 is 14.0 Å². The molecule has 0 aromatic heterocycles. The zero-order valence-corrected chi connectivity index (χ0v) is 15.6. The van der Waals surface area contributed by atoms with Crippen molar-refractivity contribution in [3.63, 3.8) is 0 Å². The highest BCUT2D eigenvalue weighted by molar-refractivity contribution is 6.74. The van der Waals surface area contributed by atoms with Crippen LogP contribution in [-0.2, 0) is 11.0 Å². The molecule has 0 atom stereocenters. The van der Waals surface area contributed by atoms with Crippen molar-refractivity contribution in [3.05, 3.63) is 53.8 Å². The quantitative estimate of drug-likeness (QED) is 0.585. The van der Waals surface area contributed by atoms with Gasteiger partial charge in [-0.15, -0.1) is 0 Å². The number of hydrogen-bond acceptors (Lipinski definition) is 2. The third-order valence-electron chi connectivity index (χ3n) is 4.63. The summed E-state index contributed by atoms with van der Waals surface area (Å²) in [4.78, 5) is 0. The van der Waals surface area contributed by atoms with Gasteiger partial charge in [-0.1, -0.05) is 39.0 Å². The average molecular weight is 332 g/mol. The lowest BCUT2D eigenvalue weighted by Gasteiger charge is -2.36. The Bertz CT molecular complexity index is 692. The second kappa shape index (κ2) is 6.46. The molecule has 0 aliphatic rings. The Balaban J connectivity index is 2.23. The SMILES string of the molecule is CC(C)(C)[Si](C)(C)OCc1cccc(-c2cc(N)ccc2F)c1. The van der Waals surface area contributed by atoms with E-state index in [1.54, 1.807) is 12.1 Å². The summed E-state index contributed by atoms with van der Waals surface area (Å²) in [5.41, 5.74) is 8.74. The molecular formula is C19H26FNOSi. The van der Waals surface area contributed by atoms with E-state index in [1.807, 2.05) is 24.3 Å². The van der Waals surface area contributed by atoms with Crippen LogP contribution >= 0.6 is 0 Å². The zero-order valence-electron chi connectivity index (χ0n) is 14.6. The van der Waals surface area contributed by atoms with E-state index < -0.39 is 8.32 Å². The van der Waals surface area contributed by atoms with Crippen molar-refractivity contribution in [1.29, 1.82) is 0 Å². The number of nitrogen functional groups attached to an aromatic ring is 1. The van der Waals surface area contributed by atoms with Crippen molar-refractivity contribution in [2.75, 3.05) is 5.73 Å². The van der Waals surface area contributed by atoms with Crippen LogP contribution in [0.5, 0.6) is 0 Å². The molecule has 0 spiro atoms. The van der Waals surface area contributed by atoms with Crippen LogP contribution in [0.1, 0.15) is 26.3 Å². The topological polar surface area (TPSA) is 35.2 Å². The Labute approximate surface area is 139 Å². The fraction of sp³-hybridized carbons (Fsp3) is 0.368. The van der Waals surface area contributed by atoms with Crippen molar-refractivity contribution < 1.29 is 8.82 Å². The van der Waals surface area contributed by atoms with Crippen molar-refractivity contribution in [3.8, 4) is 11.1 Å². The molecular weight excluding hydrogens is 305 g/mol. The van der Waals surface area contributed by atoms with Crippen molar-refractivity contribution in [2.45, 2.75) is 45.5 Å². The second-order valence-electron chi connectivity index (χ2n) is 7.49. The molecule has 0 bridgehead atoms. The molecule has 2 aromatic rings. The molecule has 2 rings (SSSR count). The van der Waals surface area contributed by atoms with Crippen molar-refractivity contribution in [2.24, 2.45) is 0 Å². The predicted octanol–water partition coefficient (Wildman–Crippen LogP) is 5.60. The summed E-state index contributed by atoms with van der Waals surface area (Å²) >= 11 is 0. The lowest BCUT2D eigenvalue weighted by molar-refractivity contribution is 0.276. The van der Waals surface area contributed by atoms with Gasteiger partial charge in [-0.2, -0.15) is 0 Å². The Kier molecular flexibility index (Phi) is 4.97. The van der Waals surface area contributed by atoms with Gasteiger partial charge in [-0.05, 0) is 53.5 Å². The van der Waals surface area contributed by atoms with E-state index in [4.69, 9.17) is 10.2 Å². The van der Waals surface area contributed by atoms with E-state index in [0.29, 0.717) is 17.9 Å². The molecule has 0 unspecified atom stereocenters. The molecule has 0 saturated carbocycles. The second-order valence-corrected chi connectivity index (χ2v) is 12.3. The largest absolute Gasteiger partial charge is 0.413 e. The molecule has 4 heteroatoms. The summed E-state index contributed by atoms with van der Waals surface area (Å²) in [5.74, 6) is -0.262. The fourth-order valence-electron chi connectivity index (χ4n) is 2.07. The van der Waals surface area contributed by atoms with Crippen LogP contribution in [0, 0.1) is 5.82 Å². The van der Waals surface area contributed by atoms with E-state index in [2.05, 4.69) is 33.9 Å². The fourth-order valence-corrected chi connectivity index (χ4v) is 3.03. The maximum Gasteiger partial charge on any atom is 0.192 e. The van der Waals surface area contributed by atoms with Crippen LogP contribution in [0.2, 0.25) is 18.1 Å². The van der Waals surface area contributed by atoms with Gasteiger partial charge >= 0.3 is 0 Å². The molecule has 124 valence electrons. The van der Waals surface area contributed by atoms with Crippen molar-refractivity contribution in [1.82, 2.24) is 0 Å². The molecule has 0 saturated heterocycles. The van der Waals surface area contributed by atoms with Gasteiger partial charge in [0.1, 0.15) is 5.82 Å². The predicted molar refractivity (Wildman–Crippen MR) is 98.2 cm³/mol. The summed E-state index contributed by atoms with van der Waals surface area (Å²) in [7, 11) is -1.80. The van der Waals surface area contributed by atoms with E-state index >= 15 is 0 Å². The molecule has 0 radical (unpaired) electrons. The first-order chi connectivity index (χ1) is 10.6. The first kappa shape index (κ1) is 17.7. The average Bonchev–Trinajstić information content (AvgIpc) is 2.47. The smallest absolute Gasteiger partial charge is 0.192 e. The van der Waals surface area contributed by atoms with E-state index in [-0.39, 0.29) is 10.9 Å². The summed E-state index contributed by atoms with van der Waals surface area (Å²) in [6.07, 6.45) is 0. The zero-order chi connectivity index (χ0) is 17.3. The monoisotopic (exact) mass is 331 g/mol. The van der Waals surface area contributed by atoms with Gasteiger partial charge in [0.2, 0.25) is 0 Å². The number of halogens is 1. The summed E-state index contributed by atoms with van der Waals surface area (Å²) in [5, 5.41) is 0.171. The van der Waals surface area contributed by atoms with Gasteiger partial charge in [0, 0.05) is 11.3 Å². The number of anilines is 1. The summed E-state index contributed by atoms with van der Waals surface area (Å²) in [6, 6.07) is 12.5. The molecule has 23 heavy (non-hydrogen) atoms. The number of rotatable bonds is 4. The van der Waals surface area contributed by atoms with Crippen LogP contribution in [0.15, 0.2) is 42.5 Å². The van der Waals surface area contributed by atoms with Crippen LogP contribution < -0.4 is 5.73 Å². The van der Waals surface area contributed by atoms with Gasteiger partial charge in [0.15, 0.2) is 8.32 Å². The maximum atomic E-state index is 14.0. The Morgan fingerprint density at radius 1 is 1.09 bits per heavy atom. The van der Waals surface area contributed by atoms with Crippen LogP contribution in [-0.4, -0.2) is 8.32 Å². The van der Waals surface area contributed by atoms with E-state index in [9.17, 15) is 4.39 Å². The lowest BCUT2D eigenvalue weighted by atomic mass is 10.0. The normalized spacial score (nSPS) is 12.4. The Hall–Kier alpha value is -1.65. The third-order valence-corrected chi connectivity index (χ3v) is 9.11. The minimum absolute atomic E-state index is 0.171. The van der Waals surface area contributed by atoms with Crippen LogP contribution in [0.4, 0.5) is 10.1 Å². The van der Waals surface area contributed by atoms with Gasteiger partial charge in [-0.25, -0.2) is 4.39 Å². The maximum absolute atomic E-state index is 14.0. The van der Waals surface area contributed by atoms with E-state index in [1.165, 1.54) is 6.07 Å². The molecule has 0 aliphatic heterocycles. The highest BCUT2D eigenvalue weighted by Gasteiger charge is 2.36.